The number of nitrogens with zero attached hydrogens (tertiary/aromatic N) is 2. The van der Waals surface area contributed by atoms with E-state index >= 15 is 0 Å². The van der Waals surface area contributed by atoms with Gasteiger partial charge in [-0.15, -0.1) is 0 Å². The predicted molar refractivity (Wildman–Crippen MR) is 84.5 cm³/mol. The highest BCUT2D eigenvalue weighted by Gasteiger charge is 2.07. The quantitative estimate of drug-likeness (QED) is 0.881. The van der Waals surface area contributed by atoms with E-state index in [1.165, 1.54) is 12.3 Å². The van der Waals surface area contributed by atoms with Gasteiger partial charge in [0.1, 0.15) is 11.8 Å². The van der Waals surface area contributed by atoms with E-state index < -0.39 is 0 Å². The first-order chi connectivity index (χ1) is 11.2. The van der Waals surface area contributed by atoms with Gasteiger partial charge < -0.3 is 14.8 Å². The Bertz CT molecular complexity index is 721. The molecular formula is C17H17N3O3. The summed E-state index contributed by atoms with van der Waals surface area (Å²) >= 11 is 0. The Hall–Kier alpha value is -3.07. The number of benzene rings is 1. The van der Waals surface area contributed by atoms with Crippen molar-refractivity contribution < 1.29 is 14.3 Å². The van der Waals surface area contributed by atoms with Gasteiger partial charge in [0.15, 0.2) is 11.5 Å². The van der Waals surface area contributed by atoms with Gasteiger partial charge in [-0.25, -0.2) is 4.98 Å². The number of hydrogen-bond donors (Lipinski definition) is 1. The molecule has 1 heterocycles. The van der Waals surface area contributed by atoms with Crippen LogP contribution in [0.25, 0.3) is 0 Å². The van der Waals surface area contributed by atoms with Gasteiger partial charge in [-0.05, 0) is 36.2 Å². The van der Waals surface area contributed by atoms with Crippen LogP contribution in [0.1, 0.15) is 21.6 Å². The van der Waals surface area contributed by atoms with Gasteiger partial charge >= 0.3 is 0 Å². The van der Waals surface area contributed by atoms with Gasteiger partial charge in [0, 0.05) is 12.7 Å². The minimum absolute atomic E-state index is 0.220. The standard InChI is InChI=1S/C17H17N3O3/c1-22-15-6-3-12(9-16(15)23-2)7-8-19-17(21)13-4-5-14(10-18)20-11-13/h3-6,9,11H,7-8H2,1-2H3,(H,19,21). The molecule has 0 aliphatic heterocycles. The lowest BCUT2D eigenvalue weighted by atomic mass is 10.1. The van der Waals surface area contributed by atoms with Crippen LogP contribution < -0.4 is 14.8 Å². The van der Waals surface area contributed by atoms with Crippen LogP contribution in [0.15, 0.2) is 36.5 Å². The summed E-state index contributed by atoms with van der Waals surface area (Å²) in [7, 11) is 3.17. The van der Waals surface area contributed by atoms with Crippen LogP contribution in [-0.4, -0.2) is 31.7 Å². The van der Waals surface area contributed by atoms with Crippen LogP contribution in [0.3, 0.4) is 0 Å². The van der Waals surface area contributed by atoms with E-state index in [-0.39, 0.29) is 11.6 Å². The Balaban J connectivity index is 1.91. The number of methoxy groups -OCH3 is 2. The third kappa shape index (κ3) is 4.20. The molecule has 2 aromatic rings. The topological polar surface area (TPSA) is 84.2 Å². The molecule has 0 spiro atoms. The molecule has 0 bridgehead atoms. The van der Waals surface area contributed by atoms with Crippen molar-refractivity contribution in [1.82, 2.24) is 10.3 Å². The average Bonchev–Trinajstić information content (AvgIpc) is 2.61. The zero-order valence-corrected chi connectivity index (χ0v) is 13.0. The van der Waals surface area contributed by atoms with Crippen LogP contribution in [-0.2, 0) is 6.42 Å². The van der Waals surface area contributed by atoms with E-state index in [1.54, 1.807) is 20.3 Å². The number of nitrogens with one attached hydrogen (secondary N) is 1. The fraction of sp³-hybridized carbons (Fsp3) is 0.235. The molecule has 0 aliphatic rings. The fourth-order valence-electron chi connectivity index (χ4n) is 2.05. The lowest BCUT2D eigenvalue weighted by molar-refractivity contribution is 0.0954. The highest BCUT2D eigenvalue weighted by molar-refractivity contribution is 5.93. The van der Waals surface area contributed by atoms with Crippen molar-refractivity contribution in [1.29, 1.82) is 5.26 Å². The fourth-order valence-corrected chi connectivity index (χ4v) is 2.05. The minimum Gasteiger partial charge on any atom is -0.493 e. The molecule has 0 fully saturated rings. The molecule has 0 atom stereocenters. The second-order valence-electron chi connectivity index (χ2n) is 4.74. The van der Waals surface area contributed by atoms with Gasteiger partial charge in [-0.2, -0.15) is 5.26 Å². The Morgan fingerprint density at radius 1 is 1.22 bits per heavy atom. The summed E-state index contributed by atoms with van der Waals surface area (Å²) in [5, 5.41) is 11.5. The zero-order valence-electron chi connectivity index (χ0n) is 13.0. The normalized spacial score (nSPS) is 9.78. The van der Waals surface area contributed by atoms with E-state index in [1.807, 2.05) is 24.3 Å². The molecule has 0 unspecified atom stereocenters. The van der Waals surface area contributed by atoms with Gasteiger partial charge in [0.2, 0.25) is 0 Å². The van der Waals surface area contributed by atoms with Crippen LogP contribution in [0.2, 0.25) is 0 Å². The first-order valence-electron chi connectivity index (χ1n) is 7.03. The number of amides is 1. The largest absolute Gasteiger partial charge is 0.493 e. The minimum atomic E-state index is -0.220. The maximum Gasteiger partial charge on any atom is 0.252 e. The van der Waals surface area contributed by atoms with Crippen LogP contribution in [0.5, 0.6) is 11.5 Å². The Kier molecular flexibility index (Phi) is 5.53. The van der Waals surface area contributed by atoms with Crippen molar-refractivity contribution >= 4 is 5.91 Å². The van der Waals surface area contributed by atoms with Crippen molar-refractivity contribution in [2.45, 2.75) is 6.42 Å². The second kappa shape index (κ2) is 7.80. The Labute approximate surface area is 134 Å². The van der Waals surface area contributed by atoms with E-state index in [4.69, 9.17) is 14.7 Å². The molecule has 6 nitrogen and oxygen atoms in total. The van der Waals surface area contributed by atoms with Gasteiger partial charge in [-0.1, -0.05) is 6.07 Å². The predicted octanol–water partition coefficient (Wildman–Crippen LogP) is 1.94. The van der Waals surface area contributed by atoms with E-state index in [0.717, 1.165) is 5.56 Å². The molecule has 1 amide bonds. The second-order valence-corrected chi connectivity index (χ2v) is 4.74. The maximum absolute atomic E-state index is 12.0. The summed E-state index contributed by atoms with van der Waals surface area (Å²) < 4.78 is 10.4. The van der Waals surface area contributed by atoms with Crippen LogP contribution in [0.4, 0.5) is 0 Å². The van der Waals surface area contributed by atoms with Crippen LogP contribution >= 0.6 is 0 Å². The Morgan fingerprint density at radius 3 is 2.61 bits per heavy atom. The summed E-state index contributed by atoms with van der Waals surface area (Å²) in [4.78, 5) is 15.9. The Morgan fingerprint density at radius 2 is 2.00 bits per heavy atom. The molecular weight excluding hydrogens is 294 g/mol. The molecule has 0 saturated carbocycles. The van der Waals surface area contributed by atoms with Crippen molar-refractivity contribution in [3.8, 4) is 17.6 Å². The highest BCUT2D eigenvalue weighted by Crippen LogP contribution is 2.27. The van der Waals surface area contributed by atoms with E-state index in [2.05, 4.69) is 10.3 Å². The summed E-state index contributed by atoms with van der Waals surface area (Å²) in [6.45, 7) is 0.480. The van der Waals surface area contributed by atoms with Gasteiger partial charge in [0.05, 0.1) is 19.8 Å². The molecule has 6 heteroatoms. The van der Waals surface area contributed by atoms with Crippen molar-refractivity contribution in [3.63, 3.8) is 0 Å². The molecule has 0 aliphatic carbocycles. The third-order valence-electron chi connectivity index (χ3n) is 3.29. The first-order valence-corrected chi connectivity index (χ1v) is 7.03. The molecule has 0 radical (unpaired) electrons. The zero-order chi connectivity index (χ0) is 16.7. The summed E-state index contributed by atoms with van der Waals surface area (Å²) in [5.41, 5.74) is 1.74. The van der Waals surface area contributed by atoms with E-state index in [0.29, 0.717) is 30.0 Å². The lowest BCUT2D eigenvalue weighted by Gasteiger charge is -2.10. The van der Waals surface area contributed by atoms with Crippen molar-refractivity contribution in [2.75, 3.05) is 20.8 Å². The molecule has 1 N–H and O–H groups in total. The third-order valence-corrected chi connectivity index (χ3v) is 3.29. The number of pyridine rings is 1. The molecule has 1 aromatic carbocycles. The molecule has 2 rings (SSSR count). The highest BCUT2D eigenvalue weighted by atomic mass is 16.5. The monoisotopic (exact) mass is 311 g/mol. The molecule has 1 aromatic heterocycles. The summed E-state index contributed by atoms with van der Waals surface area (Å²) in [6, 6.07) is 10.7. The number of carbonyl (C=O) groups excluding carboxylic acids is 1. The number of rotatable bonds is 6. The van der Waals surface area contributed by atoms with Crippen LogP contribution in [0, 0.1) is 11.3 Å². The lowest BCUT2D eigenvalue weighted by Crippen LogP contribution is -2.25. The molecule has 23 heavy (non-hydrogen) atoms. The van der Waals surface area contributed by atoms with Crippen molar-refractivity contribution in [2.24, 2.45) is 0 Å². The molecule has 118 valence electrons. The number of hydrogen-bond acceptors (Lipinski definition) is 5. The summed E-state index contributed by atoms with van der Waals surface area (Å²) in [6.07, 6.45) is 2.06. The summed E-state index contributed by atoms with van der Waals surface area (Å²) in [5.74, 6) is 1.11. The van der Waals surface area contributed by atoms with Crippen molar-refractivity contribution in [3.05, 3.63) is 53.3 Å². The smallest absolute Gasteiger partial charge is 0.252 e. The first kappa shape index (κ1) is 16.3. The van der Waals surface area contributed by atoms with E-state index in [9.17, 15) is 4.79 Å². The number of nitriles is 1. The number of carbonyl (C=O) groups is 1. The number of ether oxygens (including phenoxy) is 2. The average molecular weight is 311 g/mol. The maximum atomic E-state index is 12.0. The van der Waals surface area contributed by atoms with Gasteiger partial charge in [-0.3, -0.25) is 4.79 Å². The SMILES string of the molecule is COc1ccc(CCNC(=O)c2ccc(C#N)nc2)cc1OC. The van der Waals surface area contributed by atoms with Gasteiger partial charge in [0.25, 0.3) is 5.91 Å². The molecule has 0 saturated heterocycles. The number of aromatic nitrogens is 1.